The average molecular weight is 256 g/mol. The number of nitrogens with zero attached hydrogens (tertiary/aromatic N) is 2. The molecule has 0 saturated heterocycles. The van der Waals surface area contributed by atoms with E-state index in [-0.39, 0.29) is 0 Å². The predicted octanol–water partition coefficient (Wildman–Crippen LogP) is 4.03. The number of halogens is 1. The number of benzene rings is 1. The van der Waals surface area contributed by atoms with Crippen LogP contribution in [0.25, 0.3) is 10.8 Å². The third-order valence-corrected chi connectivity index (χ3v) is 2.98. The topological polar surface area (TPSA) is 37.8 Å². The lowest BCUT2D eigenvalue weighted by molar-refractivity contribution is 1.32. The van der Waals surface area contributed by atoms with Gasteiger partial charge in [-0.2, -0.15) is 0 Å². The highest BCUT2D eigenvalue weighted by Crippen LogP contribution is 2.26. The summed E-state index contributed by atoms with van der Waals surface area (Å²) in [5, 5.41) is 5.98. The Kier molecular flexibility index (Phi) is 2.82. The first-order valence-corrected chi connectivity index (χ1v) is 5.91. The molecule has 3 nitrogen and oxygen atoms in total. The Balaban J connectivity index is 2.01. The summed E-state index contributed by atoms with van der Waals surface area (Å²) in [6.45, 7) is 0. The van der Waals surface area contributed by atoms with Crippen LogP contribution in [-0.4, -0.2) is 9.97 Å². The summed E-state index contributed by atoms with van der Waals surface area (Å²) >= 11 is 6.13. The van der Waals surface area contributed by atoms with Crippen molar-refractivity contribution in [1.82, 2.24) is 9.97 Å². The van der Waals surface area contributed by atoms with Gasteiger partial charge >= 0.3 is 0 Å². The van der Waals surface area contributed by atoms with Crippen molar-refractivity contribution < 1.29 is 0 Å². The number of rotatable bonds is 2. The highest BCUT2D eigenvalue weighted by molar-refractivity contribution is 6.35. The van der Waals surface area contributed by atoms with E-state index in [1.54, 1.807) is 24.8 Å². The Bertz CT molecular complexity index is 683. The van der Waals surface area contributed by atoms with E-state index in [1.165, 1.54) is 0 Å². The van der Waals surface area contributed by atoms with Crippen molar-refractivity contribution in [2.24, 2.45) is 0 Å². The molecule has 18 heavy (non-hydrogen) atoms. The fourth-order valence-electron chi connectivity index (χ4n) is 1.81. The van der Waals surface area contributed by atoms with Gasteiger partial charge < -0.3 is 5.32 Å². The number of hydrogen-bond acceptors (Lipinski definition) is 3. The molecule has 0 radical (unpaired) electrons. The van der Waals surface area contributed by atoms with Gasteiger partial charge in [-0.25, -0.2) is 0 Å². The van der Waals surface area contributed by atoms with E-state index in [9.17, 15) is 0 Å². The molecule has 0 fully saturated rings. The zero-order valence-electron chi connectivity index (χ0n) is 9.47. The predicted molar refractivity (Wildman–Crippen MR) is 74.3 cm³/mol. The van der Waals surface area contributed by atoms with E-state index in [0.29, 0.717) is 5.02 Å². The van der Waals surface area contributed by atoms with Crippen LogP contribution in [0.5, 0.6) is 0 Å². The fourth-order valence-corrected chi connectivity index (χ4v) is 2.03. The Hall–Kier alpha value is -2.13. The van der Waals surface area contributed by atoms with Gasteiger partial charge in [0, 0.05) is 46.9 Å². The summed E-state index contributed by atoms with van der Waals surface area (Å²) < 4.78 is 0. The van der Waals surface area contributed by atoms with Crippen molar-refractivity contribution in [3.8, 4) is 0 Å². The van der Waals surface area contributed by atoms with Gasteiger partial charge in [0.05, 0.1) is 5.02 Å². The smallest absolute Gasteiger partial charge is 0.0668 e. The van der Waals surface area contributed by atoms with Gasteiger partial charge in [-0.15, -0.1) is 0 Å². The molecule has 3 aromatic rings. The maximum absolute atomic E-state index is 6.13. The Morgan fingerprint density at radius 2 is 1.72 bits per heavy atom. The van der Waals surface area contributed by atoms with Crippen molar-refractivity contribution >= 4 is 33.7 Å². The first-order chi connectivity index (χ1) is 8.83. The van der Waals surface area contributed by atoms with E-state index >= 15 is 0 Å². The van der Waals surface area contributed by atoms with Crippen molar-refractivity contribution in [2.45, 2.75) is 0 Å². The SMILES string of the molecule is Clc1cncc2ccc(Nc3ccncc3)cc12. The van der Waals surface area contributed by atoms with Crippen molar-refractivity contribution in [3.05, 3.63) is 60.1 Å². The van der Waals surface area contributed by atoms with Gasteiger partial charge in [0.15, 0.2) is 0 Å². The lowest BCUT2D eigenvalue weighted by atomic mass is 10.1. The van der Waals surface area contributed by atoms with Gasteiger partial charge in [-0.1, -0.05) is 17.7 Å². The molecule has 0 aliphatic heterocycles. The number of aromatic nitrogens is 2. The minimum Gasteiger partial charge on any atom is -0.355 e. The van der Waals surface area contributed by atoms with Crippen molar-refractivity contribution in [1.29, 1.82) is 0 Å². The largest absolute Gasteiger partial charge is 0.355 e. The molecule has 0 amide bonds. The maximum atomic E-state index is 6.13. The number of hydrogen-bond donors (Lipinski definition) is 1. The summed E-state index contributed by atoms with van der Waals surface area (Å²) in [5.41, 5.74) is 1.98. The zero-order valence-corrected chi connectivity index (χ0v) is 10.2. The van der Waals surface area contributed by atoms with Crippen LogP contribution in [0.4, 0.5) is 11.4 Å². The van der Waals surface area contributed by atoms with Gasteiger partial charge in [0.2, 0.25) is 0 Å². The van der Waals surface area contributed by atoms with E-state index < -0.39 is 0 Å². The van der Waals surface area contributed by atoms with Gasteiger partial charge in [-0.3, -0.25) is 9.97 Å². The zero-order chi connectivity index (χ0) is 12.4. The summed E-state index contributed by atoms with van der Waals surface area (Å²) in [5.74, 6) is 0. The molecule has 1 N–H and O–H groups in total. The molecule has 2 heterocycles. The third-order valence-electron chi connectivity index (χ3n) is 2.68. The van der Waals surface area contributed by atoms with Gasteiger partial charge in [0.1, 0.15) is 0 Å². The first kappa shape index (κ1) is 11.0. The minimum atomic E-state index is 0.658. The number of anilines is 2. The summed E-state index contributed by atoms with van der Waals surface area (Å²) in [6.07, 6.45) is 6.96. The molecule has 88 valence electrons. The molecule has 1 aromatic carbocycles. The van der Waals surface area contributed by atoms with E-state index in [1.807, 2.05) is 30.3 Å². The lowest BCUT2D eigenvalue weighted by Crippen LogP contribution is -1.90. The molecular formula is C14H10ClN3. The quantitative estimate of drug-likeness (QED) is 0.751. The Morgan fingerprint density at radius 1 is 0.889 bits per heavy atom. The summed E-state index contributed by atoms with van der Waals surface area (Å²) in [4.78, 5) is 8.05. The van der Waals surface area contributed by atoms with Crippen LogP contribution >= 0.6 is 11.6 Å². The van der Waals surface area contributed by atoms with Crippen LogP contribution in [0, 0.1) is 0 Å². The van der Waals surface area contributed by atoms with Crippen LogP contribution in [0.15, 0.2) is 55.1 Å². The molecule has 0 aliphatic rings. The third kappa shape index (κ3) is 2.13. The normalized spacial score (nSPS) is 10.5. The summed E-state index contributed by atoms with van der Waals surface area (Å²) in [7, 11) is 0. The number of nitrogens with one attached hydrogen (secondary N) is 1. The molecule has 0 saturated carbocycles. The molecule has 0 atom stereocenters. The van der Waals surface area contributed by atoms with E-state index in [2.05, 4.69) is 15.3 Å². The second-order valence-electron chi connectivity index (χ2n) is 3.92. The monoisotopic (exact) mass is 255 g/mol. The highest BCUT2D eigenvalue weighted by atomic mass is 35.5. The van der Waals surface area contributed by atoms with Gasteiger partial charge in [0.25, 0.3) is 0 Å². The molecule has 0 spiro atoms. The van der Waals surface area contributed by atoms with E-state index in [0.717, 1.165) is 22.1 Å². The molecule has 3 rings (SSSR count). The van der Waals surface area contributed by atoms with Crippen LogP contribution in [-0.2, 0) is 0 Å². The standard InChI is InChI=1S/C14H10ClN3/c15-14-9-17-8-10-1-2-12(7-13(10)14)18-11-3-5-16-6-4-11/h1-9H,(H,16,18). The highest BCUT2D eigenvalue weighted by Gasteiger charge is 2.01. The number of fused-ring (bicyclic) bond motifs is 1. The molecule has 4 heteroatoms. The average Bonchev–Trinajstić information content (AvgIpc) is 2.41. The van der Waals surface area contributed by atoms with Crippen LogP contribution in [0.1, 0.15) is 0 Å². The molecule has 0 aliphatic carbocycles. The second kappa shape index (κ2) is 4.63. The molecular weight excluding hydrogens is 246 g/mol. The van der Waals surface area contributed by atoms with Crippen LogP contribution in [0.3, 0.4) is 0 Å². The Morgan fingerprint density at radius 3 is 2.56 bits per heavy atom. The summed E-state index contributed by atoms with van der Waals surface area (Å²) in [6, 6.07) is 9.84. The molecule has 0 unspecified atom stereocenters. The van der Waals surface area contributed by atoms with Crippen LogP contribution in [0.2, 0.25) is 5.02 Å². The maximum Gasteiger partial charge on any atom is 0.0668 e. The van der Waals surface area contributed by atoms with Crippen molar-refractivity contribution in [3.63, 3.8) is 0 Å². The van der Waals surface area contributed by atoms with Crippen molar-refractivity contribution in [2.75, 3.05) is 5.32 Å². The lowest BCUT2D eigenvalue weighted by Gasteiger charge is -2.07. The fraction of sp³-hybridized carbons (Fsp3) is 0. The first-order valence-electron chi connectivity index (χ1n) is 5.53. The Labute approximate surface area is 109 Å². The molecule has 0 bridgehead atoms. The number of pyridine rings is 2. The van der Waals surface area contributed by atoms with E-state index in [4.69, 9.17) is 11.6 Å². The minimum absolute atomic E-state index is 0.658. The van der Waals surface area contributed by atoms with Crippen LogP contribution < -0.4 is 5.32 Å². The van der Waals surface area contributed by atoms with Gasteiger partial charge in [-0.05, 0) is 24.3 Å². The second-order valence-corrected chi connectivity index (χ2v) is 4.33. The molecule has 2 aromatic heterocycles.